The number of nitrogens with one attached hydrogen (secondary N) is 1. The fourth-order valence-electron chi connectivity index (χ4n) is 2.20. The molecule has 0 radical (unpaired) electrons. The topological polar surface area (TPSA) is 75.7 Å². The molecule has 0 aliphatic rings. The Kier molecular flexibility index (Phi) is 7.17. The highest BCUT2D eigenvalue weighted by molar-refractivity contribution is 7.18. The highest BCUT2D eigenvalue weighted by atomic mass is 32.1. The van der Waals surface area contributed by atoms with Gasteiger partial charge < -0.3 is 15.0 Å². The third-order valence-electron chi connectivity index (χ3n) is 3.78. The van der Waals surface area contributed by atoms with Crippen molar-refractivity contribution in [2.24, 2.45) is 5.41 Å². The molecule has 0 bridgehead atoms. The van der Waals surface area contributed by atoms with E-state index >= 15 is 0 Å². The normalized spacial score (nSPS) is 11.2. The maximum Gasteiger partial charge on any atom is 0.341 e. The summed E-state index contributed by atoms with van der Waals surface area (Å²) in [5, 5.41) is 3.16. The van der Waals surface area contributed by atoms with Crippen LogP contribution < -0.4 is 5.32 Å². The van der Waals surface area contributed by atoms with Gasteiger partial charge in [0.05, 0.1) is 17.0 Å². The lowest BCUT2D eigenvalue weighted by Crippen LogP contribution is -2.30. The van der Waals surface area contributed by atoms with E-state index in [1.54, 1.807) is 39.5 Å². The molecule has 1 rings (SSSR count). The molecule has 0 atom stereocenters. The molecule has 140 valence electrons. The molecule has 0 spiro atoms. The van der Waals surface area contributed by atoms with Gasteiger partial charge in [0.15, 0.2) is 0 Å². The molecule has 6 nitrogen and oxygen atoms in total. The Bertz CT molecular complexity index is 655. The molecule has 0 aromatic carbocycles. The number of esters is 1. The number of rotatable bonds is 6. The van der Waals surface area contributed by atoms with Crippen LogP contribution in [0.2, 0.25) is 0 Å². The van der Waals surface area contributed by atoms with Crippen LogP contribution in [0, 0.1) is 12.3 Å². The Morgan fingerprint density at radius 1 is 1.12 bits per heavy atom. The molecule has 2 amide bonds. The van der Waals surface area contributed by atoms with Crippen molar-refractivity contribution >= 4 is 34.1 Å². The minimum Gasteiger partial charge on any atom is -0.462 e. The Balaban J connectivity index is 3.39. The van der Waals surface area contributed by atoms with E-state index in [1.807, 2.05) is 13.8 Å². The third-order valence-corrected chi connectivity index (χ3v) is 4.97. The lowest BCUT2D eigenvalue weighted by molar-refractivity contribution is -0.123. The Morgan fingerprint density at radius 2 is 1.68 bits per heavy atom. The van der Waals surface area contributed by atoms with E-state index in [2.05, 4.69) is 5.32 Å². The molecule has 0 saturated carbocycles. The van der Waals surface area contributed by atoms with Gasteiger partial charge in [-0.05, 0) is 33.3 Å². The van der Waals surface area contributed by atoms with E-state index in [0.717, 1.165) is 11.3 Å². The lowest BCUT2D eigenvalue weighted by atomic mass is 9.96. The quantitative estimate of drug-likeness (QED) is 0.777. The van der Waals surface area contributed by atoms with E-state index in [4.69, 9.17) is 4.74 Å². The number of amides is 2. The van der Waals surface area contributed by atoms with Crippen molar-refractivity contribution in [2.45, 2.75) is 48.5 Å². The Morgan fingerprint density at radius 3 is 2.12 bits per heavy atom. The number of carbonyl (C=O) groups is 3. The number of hydrogen-bond acceptors (Lipinski definition) is 5. The second kappa shape index (κ2) is 8.47. The van der Waals surface area contributed by atoms with Gasteiger partial charge in [-0.2, -0.15) is 0 Å². The van der Waals surface area contributed by atoms with Crippen molar-refractivity contribution in [3.05, 3.63) is 16.0 Å². The average Bonchev–Trinajstić information content (AvgIpc) is 2.84. The molecular formula is C18H28N2O4S. The van der Waals surface area contributed by atoms with Gasteiger partial charge in [0.1, 0.15) is 5.00 Å². The summed E-state index contributed by atoms with van der Waals surface area (Å²) in [4.78, 5) is 39.6. The van der Waals surface area contributed by atoms with E-state index in [-0.39, 0.29) is 24.0 Å². The summed E-state index contributed by atoms with van der Waals surface area (Å²) >= 11 is 1.13. The highest BCUT2D eigenvalue weighted by Gasteiger charge is 2.30. The monoisotopic (exact) mass is 368 g/mol. The highest BCUT2D eigenvalue weighted by Crippen LogP contribution is 2.35. The van der Waals surface area contributed by atoms with Crippen molar-refractivity contribution in [3.63, 3.8) is 0 Å². The second-order valence-electron chi connectivity index (χ2n) is 6.66. The van der Waals surface area contributed by atoms with Crippen LogP contribution in [0.1, 0.15) is 67.1 Å². The number of anilines is 1. The zero-order valence-electron chi connectivity index (χ0n) is 16.1. The molecule has 0 saturated heterocycles. The standard InChI is InChI=1S/C18H28N2O4S/c1-8-20(9-2)15(21)13-11(4)12(16(22)24-10-3)14(25-13)19-17(23)18(5,6)7/h8-10H2,1-7H3,(H,19,23). The number of carbonyl (C=O) groups excluding carboxylic acids is 3. The van der Waals surface area contributed by atoms with Crippen LogP contribution in [0.4, 0.5) is 5.00 Å². The van der Waals surface area contributed by atoms with Gasteiger partial charge in [-0.3, -0.25) is 9.59 Å². The van der Waals surface area contributed by atoms with Crippen molar-refractivity contribution in [1.82, 2.24) is 4.90 Å². The van der Waals surface area contributed by atoms with Gasteiger partial charge in [0.2, 0.25) is 5.91 Å². The first-order valence-electron chi connectivity index (χ1n) is 8.49. The molecule has 1 aromatic heterocycles. The first-order chi connectivity index (χ1) is 11.6. The summed E-state index contributed by atoms with van der Waals surface area (Å²) in [6.07, 6.45) is 0. The molecule has 0 aliphatic carbocycles. The molecule has 0 unspecified atom stereocenters. The van der Waals surface area contributed by atoms with E-state index in [1.165, 1.54) is 0 Å². The summed E-state index contributed by atoms with van der Waals surface area (Å²) in [7, 11) is 0. The van der Waals surface area contributed by atoms with Crippen molar-refractivity contribution < 1.29 is 19.1 Å². The number of hydrogen-bond donors (Lipinski definition) is 1. The summed E-state index contributed by atoms with van der Waals surface area (Å²) in [6.45, 7) is 14.0. The zero-order valence-corrected chi connectivity index (χ0v) is 16.9. The van der Waals surface area contributed by atoms with E-state index in [9.17, 15) is 14.4 Å². The van der Waals surface area contributed by atoms with E-state index < -0.39 is 11.4 Å². The summed E-state index contributed by atoms with van der Waals surface area (Å²) < 4.78 is 5.11. The summed E-state index contributed by atoms with van der Waals surface area (Å²) in [5.41, 5.74) is 0.192. The number of ether oxygens (including phenoxy) is 1. The predicted molar refractivity (Wildman–Crippen MR) is 100 cm³/mol. The molecule has 1 N–H and O–H groups in total. The Hall–Kier alpha value is -1.89. The molecular weight excluding hydrogens is 340 g/mol. The van der Waals surface area contributed by atoms with Crippen LogP contribution >= 0.6 is 11.3 Å². The molecule has 25 heavy (non-hydrogen) atoms. The Labute approximate surface area is 153 Å². The first kappa shape index (κ1) is 21.2. The lowest BCUT2D eigenvalue weighted by Gasteiger charge is -2.18. The van der Waals surface area contributed by atoms with Crippen LogP contribution in [0.3, 0.4) is 0 Å². The fraction of sp³-hybridized carbons (Fsp3) is 0.611. The number of nitrogens with zero attached hydrogens (tertiary/aromatic N) is 1. The largest absolute Gasteiger partial charge is 0.462 e. The predicted octanol–water partition coefficient (Wildman–Crippen LogP) is 3.70. The first-order valence-corrected chi connectivity index (χ1v) is 9.31. The number of thiophene rings is 1. The van der Waals surface area contributed by atoms with Crippen molar-refractivity contribution in [3.8, 4) is 0 Å². The van der Waals surface area contributed by atoms with Gasteiger partial charge in [-0.1, -0.05) is 20.8 Å². The average molecular weight is 368 g/mol. The van der Waals surface area contributed by atoms with Gasteiger partial charge in [-0.25, -0.2) is 4.79 Å². The molecule has 0 fully saturated rings. The molecule has 1 heterocycles. The van der Waals surface area contributed by atoms with Gasteiger partial charge in [0.25, 0.3) is 5.91 Å². The van der Waals surface area contributed by atoms with Crippen LogP contribution in [0.25, 0.3) is 0 Å². The smallest absolute Gasteiger partial charge is 0.341 e. The van der Waals surface area contributed by atoms with Gasteiger partial charge in [-0.15, -0.1) is 11.3 Å². The van der Waals surface area contributed by atoms with Crippen molar-refractivity contribution in [1.29, 1.82) is 0 Å². The molecule has 1 aromatic rings. The van der Waals surface area contributed by atoms with Crippen LogP contribution in [0.5, 0.6) is 0 Å². The molecule has 0 aliphatic heterocycles. The SMILES string of the molecule is CCOC(=O)c1c(NC(=O)C(C)(C)C)sc(C(=O)N(CC)CC)c1C. The van der Waals surface area contributed by atoms with Gasteiger partial charge in [0, 0.05) is 18.5 Å². The maximum atomic E-state index is 12.7. The van der Waals surface area contributed by atoms with Crippen LogP contribution in [0.15, 0.2) is 0 Å². The zero-order chi connectivity index (χ0) is 19.4. The molecule has 7 heteroatoms. The summed E-state index contributed by atoms with van der Waals surface area (Å²) in [5.74, 6) is -0.894. The third kappa shape index (κ3) is 4.81. The maximum absolute atomic E-state index is 12.7. The van der Waals surface area contributed by atoms with Crippen LogP contribution in [-0.2, 0) is 9.53 Å². The van der Waals surface area contributed by atoms with Crippen LogP contribution in [-0.4, -0.2) is 42.4 Å². The minimum atomic E-state index is -0.618. The van der Waals surface area contributed by atoms with Gasteiger partial charge >= 0.3 is 5.97 Å². The van der Waals surface area contributed by atoms with Crippen molar-refractivity contribution in [2.75, 3.05) is 25.0 Å². The summed E-state index contributed by atoms with van der Waals surface area (Å²) in [6, 6.07) is 0. The minimum absolute atomic E-state index is 0.144. The fourth-order valence-corrected chi connectivity index (χ4v) is 3.36. The second-order valence-corrected chi connectivity index (χ2v) is 7.68. The van der Waals surface area contributed by atoms with E-state index in [0.29, 0.717) is 28.5 Å².